The Morgan fingerprint density at radius 1 is 1.50 bits per heavy atom. The standard InChI is InChI=1S/C13H14BrN3O3/c1-8-15-12(16-20-8)9-3-2-6-17(7-9)13(18)10-4-5-11(14)19-10/h4-5,9H,2-3,6-7H2,1H3/t9-/m0/s1. The number of halogens is 1. The summed E-state index contributed by atoms with van der Waals surface area (Å²) in [5.74, 6) is 1.62. The van der Waals surface area contributed by atoms with E-state index in [1.807, 2.05) is 0 Å². The summed E-state index contributed by atoms with van der Waals surface area (Å²) in [6, 6.07) is 3.39. The van der Waals surface area contributed by atoms with Crippen LogP contribution in [0.4, 0.5) is 0 Å². The molecule has 0 radical (unpaired) electrons. The molecule has 106 valence electrons. The zero-order valence-corrected chi connectivity index (χ0v) is 12.6. The number of nitrogens with zero attached hydrogens (tertiary/aromatic N) is 3. The van der Waals surface area contributed by atoms with Gasteiger partial charge in [0.2, 0.25) is 5.89 Å². The maximum absolute atomic E-state index is 12.3. The van der Waals surface area contributed by atoms with Gasteiger partial charge in [-0.3, -0.25) is 4.79 Å². The molecule has 0 spiro atoms. The molecule has 20 heavy (non-hydrogen) atoms. The van der Waals surface area contributed by atoms with E-state index in [0.717, 1.165) is 19.4 Å². The van der Waals surface area contributed by atoms with Crippen molar-refractivity contribution in [1.82, 2.24) is 15.0 Å². The van der Waals surface area contributed by atoms with Gasteiger partial charge in [0.05, 0.1) is 0 Å². The Morgan fingerprint density at radius 3 is 3.00 bits per heavy atom. The number of carbonyl (C=O) groups excluding carboxylic acids is 1. The second-order valence-corrected chi connectivity index (χ2v) is 5.65. The van der Waals surface area contributed by atoms with E-state index in [0.29, 0.717) is 28.7 Å². The number of hydrogen-bond acceptors (Lipinski definition) is 5. The molecule has 1 amide bonds. The summed E-state index contributed by atoms with van der Waals surface area (Å²) in [7, 11) is 0. The van der Waals surface area contributed by atoms with E-state index >= 15 is 0 Å². The van der Waals surface area contributed by atoms with E-state index in [-0.39, 0.29) is 11.8 Å². The number of aromatic nitrogens is 2. The number of carbonyl (C=O) groups is 1. The molecule has 7 heteroatoms. The third-order valence-electron chi connectivity index (χ3n) is 3.40. The molecule has 0 unspecified atom stereocenters. The minimum absolute atomic E-state index is 0.0967. The largest absolute Gasteiger partial charge is 0.444 e. The lowest BCUT2D eigenvalue weighted by atomic mass is 9.97. The highest BCUT2D eigenvalue weighted by molar-refractivity contribution is 9.10. The molecule has 0 bridgehead atoms. The molecule has 6 nitrogen and oxygen atoms in total. The van der Waals surface area contributed by atoms with Gasteiger partial charge in [0.15, 0.2) is 16.3 Å². The summed E-state index contributed by atoms with van der Waals surface area (Å²) in [5, 5.41) is 3.96. The Morgan fingerprint density at radius 2 is 2.35 bits per heavy atom. The summed E-state index contributed by atoms with van der Waals surface area (Å²) in [6.45, 7) is 3.09. The van der Waals surface area contributed by atoms with Crippen LogP contribution in [0.5, 0.6) is 0 Å². The SMILES string of the molecule is Cc1nc([C@H]2CCCN(C(=O)c3ccc(Br)o3)C2)no1. The lowest BCUT2D eigenvalue weighted by Gasteiger charge is -2.30. The van der Waals surface area contributed by atoms with Crippen molar-refractivity contribution in [2.75, 3.05) is 13.1 Å². The van der Waals surface area contributed by atoms with Crippen molar-refractivity contribution < 1.29 is 13.7 Å². The van der Waals surface area contributed by atoms with Crippen molar-refractivity contribution >= 4 is 21.8 Å². The average Bonchev–Trinajstić information content (AvgIpc) is 3.07. The van der Waals surface area contributed by atoms with E-state index in [2.05, 4.69) is 26.1 Å². The van der Waals surface area contributed by atoms with Gasteiger partial charge in [0, 0.05) is 25.9 Å². The molecule has 1 aliphatic heterocycles. The minimum atomic E-state index is -0.0967. The zero-order valence-electron chi connectivity index (χ0n) is 11.0. The number of aryl methyl sites for hydroxylation is 1. The van der Waals surface area contributed by atoms with Crippen molar-refractivity contribution in [1.29, 1.82) is 0 Å². The molecule has 1 saturated heterocycles. The van der Waals surface area contributed by atoms with Crippen LogP contribution in [-0.2, 0) is 0 Å². The smallest absolute Gasteiger partial charge is 0.289 e. The predicted octanol–water partition coefficient (Wildman–Crippen LogP) is 2.75. The first-order valence-electron chi connectivity index (χ1n) is 6.48. The Kier molecular flexibility index (Phi) is 3.60. The van der Waals surface area contributed by atoms with Crippen molar-refractivity contribution in [3.8, 4) is 0 Å². The van der Waals surface area contributed by atoms with Gasteiger partial charge in [-0.25, -0.2) is 0 Å². The Hall–Kier alpha value is -1.63. The fraction of sp³-hybridized carbons (Fsp3) is 0.462. The van der Waals surface area contributed by atoms with Gasteiger partial charge in [0.1, 0.15) is 0 Å². The van der Waals surface area contributed by atoms with Crippen molar-refractivity contribution in [3.05, 3.63) is 34.3 Å². The molecule has 1 fully saturated rings. The van der Waals surface area contributed by atoms with Crippen LogP contribution in [0.25, 0.3) is 0 Å². The number of furan rings is 1. The topological polar surface area (TPSA) is 72.4 Å². The van der Waals surface area contributed by atoms with Crippen LogP contribution >= 0.6 is 15.9 Å². The van der Waals surface area contributed by atoms with E-state index in [1.54, 1.807) is 24.0 Å². The zero-order chi connectivity index (χ0) is 14.1. The summed E-state index contributed by atoms with van der Waals surface area (Å²) in [4.78, 5) is 18.4. The maximum Gasteiger partial charge on any atom is 0.289 e. The van der Waals surface area contributed by atoms with E-state index < -0.39 is 0 Å². The van der Waals surface area contributed by atoms with Gasteiger partial charge in [-0.1, -0.05) is 5.16 Å². The van der Waals surface area contributed by atoms with Gasteiger partial charge in [0.25, 0.3) is 5.91 Å². The van der Waals surface area contributed by atoms with Gasteiger partial charge >= 0.3 is 0 Å². The van der Waals surface area contributed by atoms with Crippen LogP contribution in [0.1, 0.15) is 41.0 Å². The molecule has 2 aromatic rings. The third kappa shape index (κ3) is 2.63. The fourth-order valence-electron chi connectivity index (χ4n) is 2.44. The molecule has 1 aliphatic rings. The van der Waals surface area contributed by atoms with E-state index in [4.69, 9.17) is 8.94 Å². The summed E-state index contributed by atoms with van der Waals surface area (Å²) >= 11 is 3.21. The quantitative estimate of drug-likeness (QED) is 0.841. The monoisotopic (exact) mass is 339 g/mol. The summed E-state index contributed by atoms with van der Waals surface area (Å²) in [6.07, 6.45) is 1.89. The van der Waals surface area contributed by atoms with Crippen LogP contribution in [0, 0.1) is 6.92 Å². The first-order chi connectivity index (χ1) is 9.63. The molecule has 0 saturated carbocycles. The normalized spacial score (nSPS) is 19.3. The maximum atomic E-state index is 12.3. The van der Waals surface area contributed by atoms with Crippen LogP contribution < -0.4 is 0 Å². The molecule has 2 aromatic heterocycles. The van der Waals surface area contributed by atoms with Gasteiger partial charge in [-0.15, -0.1) is 0 Å². The van der Waals surface area contributed by atoms with Crippen molar-refractivity contribution in [3.63, 3.8) is 0 Å². The van der Waals surface area contributed by atoms with Gasteiger partial charge in [-0.05, 0) is 40.9 Å². The lowest BCUT2D eigenvalue weighted by Crippen LogP contribution is -2.39. The van der Waals surface area contributed by atoms with Gasteiger partial charge in [-0.2, -0.15) is 4.98 Å². The first kappa shape index (κ1) is 13.4. The Labute approximate surface area is 124 Å². The number of piperidine rings is 1. The number of likely N-dealkylation sites (tertiary alicyclic amines) is 1. The van der Waals surface area contributed by atoms with Crippen LogP contribution in [0.2, 0.25) is 0 Å². The molecular formula is C13H14BrN3O3. The second kappa shape index (κ2) is 5.40. The average molecular weight is 340 g/mol. The molecule has 3 heterocycles. The fourth-order valence-corrected chi connectivity index (χ4v) is 2.74. The van der Waals surface area contributed by atoms with E-state index in [1.165, 1.54) is 0 Å². The van der Waals surface area contributed by atoms with Crippen LogP contribution in [-0.4, -0.2) is 34.0 Å². The molecule has 0 N–H and O–H groups in total. The summed E-state index contributed by atoms with van der Waals surface area (Å²) < 4.78 is 10.9. The number of rotatable bonds is 2. The van der Waals surface area contributed by atoms with Gasteiger partial charge < -0.3 is 13.8 Å². The van der Waals surface area contributed by atoms with Crippen LogP contribution in [0.15, 0.2) is 25.7 Å². The molecule has 1 atom stereocenters. The minimum Gasteiger partial charge on any atom is -0.444 e. The highest BCUT2D eigenvalue weighted by atomic mass is 79.9. The van der Waals surface area contributed by atoms with Crippen molar-refractivity contribution in [2.24, 2.45) is 0 Å². The molecule has 0 aromatic carbocycles. The second-order valence-electron chi connectivity index (χ2n) is 4.87. The highest BCUT2D eigenvalue weighted by Gasteiger charge is 2.29. The molecule has 0 aliphatic carbocycles. The molecular weight excluding hydrogens is 326 g/mol. The van der Waals surface area contributed by atoms with E-state index in [9.17, 15) is 4.79 Å². The summed E-state index contributed by atoms with van der Waals surface area (Å²) in [5.41, 5.74) is 0. The lowest BCUT2D eigenvalue weighted by molar-refractivity contribution is 0.0670. The van der Waals surface area contributed by atoms with Crippen molar-refractivity contribution in [2.45, 2.75) is 25.7 Å². The predicted molar refractivity (Wildman–Crippen MR) is 73.3 cm³/mol. The number of amides is 1. The number of hydrogen-bond donors (Lipinski definition) is 0. The third-order valence-corrected chi connectivity index (χ3v) is 3.83. The highest BCUT2D eigenvalue weighted by Crippen LogP contribution is 2.26. The Balaban J connectivity index is 1.73. The van der Waals surface area contributed by atoms with Crippen LogP contribution in [0.3, 0.4) is 0 Å². The first-order valence-corrected chi connectivity index (χ1v) is 7.27. The Bertz CT molecular complexity index is 622. The molecule has 3 rings (SSSR count).